The highest BCUT2D eigenvalue weighted by molar-refractivity contribution is 6.03. The molecule has 0 radical (unpaired) electrons. The lowest BCUT2D eigenvalue weighted by atomic mass is 10.1. The minimum atomic E-state index is 0.441. The smallest absolute Gasteiger partial charge is 0.121 e. The lowest BCUT2D eigenvalue weighted by Crippen LogP contribution is -1.97. The van der Waals surface area contributed by atoms with Crippen LogP contribution in [0.3, 0.4) is 0 Å². The Morgan fingerprint density at radius 3 is 2.41 bits per heavy atom. The summed E-state index contributed by atoms with van der Waals surface area (Å²) in [5, 5.41) is 11.5. The summed E-state index contributed by atoms with van der Waals surface area (Å²) >= 11 is 0. The molecule has 0 atom stereocenters. The average molecular weight is 348 g/mol. The van der Waals surface area contributed by atoms with Crippen molar-refractivity contribution in [2.45, 2.75) is 0 Å². The molecule has 5 aromatic rings. The van der Waals surface area contributed by atoms with Crippen molar-refractivity contribution in [3.63, 3.8) is 0 Å². The Balaban J connectivity index is 1.52. The molecule has 0 aliphatic carbocycles. The molecule has 0 unspecified atom stereocenters. The number of rotatable bonds is 3. The van der Waals surface area contributed by atoms with Gasteiger partial charge in [-0.25, -0.2) is 0 Å². The van der Waals surface area contributed by atoms with E-state index >= 15 is 0 Å². The topological polar surface area (TPSA) is 30.7 Å². The summed E-state index contributed by atoms with van der Waals surface area (Å²) in [6.07, 6.45) is 3.97. The summed E-state index contributed by atoms with van der Waals surface area (Å²) in [5.74, 6) is 0. The third kappa shape index (κ3) is 3.00. The minimum absolute atomic E-state index is 0.441. The lowest BCUT2D eigenvalue weighted by molar-refractivity contribution is 0.766. The number of fused-ring (bicyclic) bond motifs is 3. The van der Waals surface area contributed by atoms with Gasteiger partial charge in [-0.15, -0.1) is 10.2 Å². The van der Waals surface area contributed by atoms with Crippen LogP contribution in [0.5, 0.6) is 0 Å². The second-order valence-corrected chi connectivity index (χ2v) is 6.39. The second kappa shape index (κ2) is 6.54. The van der Waals surface area contributed by atoms with Crippen LogP contribution in [-0.4, -0.2) is 15.0 Å². The zero-order chi connectivity index (χ0) is 18.9. The van der Waals surface area contributed by atoms with Crippen LogP contribution in [0.1, 0.15) is 12.5 Å². The zero-order valence-corrected chi connectivity index (χ0v) is 14.6. The molecule has 1 heterocycles. The summed E-state index contributed by atoms with van der Waals surface area (Å²) in [6.45, 7) is 0. The van der Waals surface area contributed by atoms with Gasteiger partial charge in [0.1, 0.15) is 11.0 Å². The van der Waals surface area contributed by atoms with Gasteiger partial charge in [0.15, 0.2) is 0 Å². The number of hydrogen-bond donors (Lipinski definition) is 0. The van der Waals surface area contributed by atoms with E-state index in [2.05, 4.69) is 28.4 Å². The highest BCUT2D eigenvalue weighted by Gasteiger charge is 2.07. The van der Waals surface area contributed by atoms with Gasteiger partial charge in [0.25, 0.3) is 0 Å². The van der Waals surface area contributed by atoms with Gasteiger partial charge in [-0.2, -0.15) is 4.80 Å². The first-order valence-corrected chi connectivity index (χ1v) is 8.87. The fraction of sp³-hybridized carbons (Fsp3) is 0. The molecule has 0 amide bonds. The Kier molecular flexibility index (Phi) is 3.50. The summed E-state index contributed by atoms with van der Waals surface area (Å²) in [6, 6.07) is 28.4. The predicted molar refractivity (Wildman–Crippen MR) is 112 cm³/mol. The van der Waals surface area contributed by atoms with E-state index in [4.69, 9.17) is 1.37 Å². The Bertz CT molecular complexity index is 1320. The molecule has 3 nitrogen and oxygen atoms in total. The molecule has 0 saturated heterocycles. The minimum Gasteiger partial charge on any atom is -0.150 e. The van der Waals surface area contributed by atoms with Crippen LogP contribution in [0.15, 0.2) is 91.0 Å². The Hall–Kier alpha value is -3.72. The summed E-state index contributed by atoms with van der Waals surface area (Å²) in [5.41, 5.74) is 4.46. The Morgan fingerprint density at radius 2 is 1.52 bits per heavy atom. The van der Waals surface area contributed by atoms with Crippen molar-refractivity contribution < 1.29 is 1.37 Å². The maximum Gasteiger partial charge on any atom is 0.121 e. The molecule has 128 valence electrons. The average Bonchev–Trinajstić information content (AvgIpc) is 3.18. The molecule has 0 N–H and O–H groups in total. The molecule has 0 spiro atoms. The first-order chi connectivity index (χ1) is 13.8. The van der Waals surface area contributed by atoms with E-state index in [1.807, 2.05) is 72.8 Å². The number of benzene rings is 4. The normalized spacial score (nSPS) is 12.1. The molecule has 0 bridgehead atoms. The largest absolute Gasteiger partial charge is 0.150 e. The lowest BCUT2D eigenvalue weighted by Gasteiger charge is -2.00. The van der Waals surface area contributed by atoms with Crippen LogP contribution in [0, 0.1) is 0 Å². The van der Waals surface area contributed by atoms with Crippen molar-refractivity contribution in [2.75, 3.05) is 0 Å². The van der Waals surface area contributed by atoms with Crippen molar-refractivity contribution in [2.24, 2.45) is 0 Å². The molecule has 27 heavy (non-hydrogen) atoms. The molecule has 0 saturated carbocycles. The highest BCUT2D eigenvalue weighted by Crippen LogP contribution is 2.23. The van der Waals surface area contributed by atoms with Gasteiger partial charge >= 0.3 is 0 Å². The molecule has 4 aromatic carbocycles. The van der Waals surface area contributed by atoms with E-state index in [0.717, 1.165) is 38.6 Å². The zero-order valence-electron chi connectivity index (χ0n) is 15.6. The maximum absolute atomic E-state index is 8.37. The number of hydrogen-bond acceptors (Lipinski definition) is 2. The third-order valence-electron chi connectivity index (χ3n) is 4.58. The molecule has 0 fully saturated rings. The quantitative estimate of drug-likeness (QED) is 0.389. The van der Waals surface area contributed by atoms with E-state index in [9.17, 15) is 0 Å². The third-order valence-corrected chi connectivity index (χ3v) is 4.58. The van der Waals surface area contributed by atoms with Gasteiger partial charge in [-0.1, -0.05) is 84.9 Å². The molecule has 1 aromatic heterocycles. The van der Waals surface area contributed by atoms with Crippen LogP contribution < -0.4 is 0 Å². The summed E-state index contributed by atoms with van der Waals surface area (Å²) < 4.78 is 8.37. The van der Waals surface area contributed by atoms with Crippen LogP contribution in [-0.2, 0) is 0 Å². The van der Waals surface area contributed by atoms with Gasteiger partial charge in [-0.05, 0) is 34.7 Å². The first-order valence-electron chi connectivity index (χ1n) is 9.37. The van der Waals surface area contributed by atoms with Gasteiger partial charge in [0, 0.05) is 5.39 Å². The molecular weight excluding hydrogens is 330 g/mol. The first kappa shape index (κ1) is 14.4. The highest BCUT2D eigenvalue weighted by atomic mass is 15.5. The van der Waals surface area contributed by atoms with E-state index in [1.54, 1.807) is 10.9 Å². The van der Waals surface area contributed by atoms with E-state index < -0.39 is 0 Å². The van der Waals surface area contributed by atoms with E-state index in [-0.39, 0.29) is 0 Å². The number of aromatic nitrogens is 3. The van der Waals surface area contributed by atoms with Crippen molar-refractivity contribution in [3.05, 3.63) is 102 Å². The van der Waals surface area contributed by atoms with Gasteiger partial charge in [0.05, 0.1) is 7.06 Å². The molecule has 0 aliphatic rings. The van der Waals surface area contributed by atoms with Gasteiger partial charge < -0.3 is 0 Å². The monoisotopic (exact) mass is 348 g/mol. The van der Waals surface area contributed by atoms with Crippen molar-refractivity contribution >= 4 is 34.0 Å². The van der Waals surface area contributed by atoms with Crippen LogP contribution in [0.4, 0.5) is 0 Å². The molecular formula is C24H17N3. The van der Waals surface area contributed by atoms with Crippen molar-refractivity contribution in [1.82, 2.24) is 15.0 Å². The van der Waals surface area contributed by atoms with Gasteiger partial charge in [0.2, 0.25) is 0 Å². The molecule has 0 aliphatic heterocycles. The number of nitrogens with zero attached hydrogens (tertiary/aromatic N) is 3. The van der Waals surface area contributed by atoms with E-state index in [0.29, 0.717) is 6.04 Å². The fourth-order valence-corrected chi connectivity index (χ4v) is 3.17. The summed E-state index contributed by atoms with van der Waals surface area (Å²) in [4.78, 5) is 1.61. The molecule has 5 rings (SSSR count). The van der Waals surface area contributed by atoms with Crippen LogP contribution in [0.2, 0.25) is 0 Å². The maximum atomic E-state index is 8.37. The second-order valence-electron chi connectivity index (χ2n) is 6.39. The van der Waals surface area contributed by atoms with Crippen molar-refractivity contribution in [1.29, 1.82) is 0 Å². The van der Waals surface area contributed by atoms with Gasteiger partial charge in [-0.3, -0.25) is 0 Å². The predicted octanol–water partition coefficient (Wildman–Crippen LogP) is 5.74. The SMILES string of the molecule is [2H]c1cc(-n2nc3ccc4ccccc4c3n2)ccc1C=Cc1ccccc1. The summed E-state index contributed by atoms with van der Waals surface area (Å²) in [7, 11) is 0. The van der Waals surface area contributed by atoms with Crippen molar-refractivity contribution in [3.8, 4) is 5.69 Å². The Labute approximate surface area is 158 Å². The standard InChI is InChI=1S/C24H17N3/c1-2-6-18(7-3-1)10-11-19-12-15-21(16-13-19)27-25-23-17-14-20-8-4-5-9-22(20)24(23)26-27/h1-17H/i12D. The van der Waals surface area contributed by atoms with E-state index in [1.165, 1.54) is 0 Å². The Morgan fingerprint density at radius 1 is 0.704 bits per heavy atom. The molecule has 3 heteroatoms. The van der Waals surface area contributed by atoms with Crippen LogP contribution in [0.25, 0.3) is 39.6 Å². The fourth-order valence-electron chi connectivity index (χ4n) is 3.17. The van der Waals surface area contributed by atoms with Crippen LogP contribution >= 0.6 is 0 Å².